The lowest BCUT2D eigenvalue weighted by Gasteiger charge is -2.05. The van der Waals surface area contributed by atoms with E-state index in [0.29, 0.717) is 12.2 Å². The number of hydrogen-bond acceptors (Lipinski definition) is 3. The van der Waals surface area contributed by atoms with E-state index in [1.807, 2.05) is 19.9 Å². The van der Waals surface area contributed by atoms with E-state index in [0.717, 1.165) is 11.4 Å². The number of aryl methyl sites for hydroxylation is 1. The highest BCUT2D eigenvalue weighted by atomic mass is 15.0. The van der Waals surface area contributed by atoms with Crippen LogP contribution in [0.15, 0.2) is 12.3 Å². The molecule has 3 heteroatoms. The van der Waals surface area contributed by atoms with Crippen molar-refractivity contribution in [2.75, 3.05) is 17.6 Å². The Balaban J connectivity index is 2.70. The molecule has 13 heavy (non-hydrogen) atoms. The van der Waals surface area contributed by atoms with Gasteiger partial charge in [-0.05, 0) is 25.5 Å². The second-order valence-electron chi connectivity index (χ2n) is 2.71. The van der Waals surface area contributed by atoms with Gasteiger partial charge in [0.2, 0.25) is 0 Å². The van der Waals surface area contributed by atoms with E-state index < -0.39 is 0 Å². The third-order valence-corrected chi connectivity index (χ3v) is 1.62. The molecule has 0 aliphatic heterocycles. The van der Waals surface area contributed by atoms with E-state index in [1.54, 1.807) is 6.20 Å². The van der Waals surface area contributed by atoms with Gasteiger partial charge in [-0.25, -0.2) is 4.98 Å². The highest BCUT2D eigenvalue weighted by molar-refractivity contribution is 5.51. The summed E-state index contributed by atoms with van der Waals surface area (Å²) in [5.74, 6) is 6.55. The van der Waals surface area contributed by atoms with E-state index in [4.69, 9.17) is 5.73 Å². The van der Waals surface area contributed by atoms with Crippen molar-refractivity contribution in [1.82, 2.24) is 4.98 Å². The molecule has 1 heterocycles. The summed E-state index contributed by atoms with van der Waals surface area (Å²) in [5, 5.41) is 3.10. The number of pyridine rings is 1. The molecule has 0 amide bonds. The predicted molar refractivity (Wildman–Crippen MR) is 55.3 cm³/mol. The van der Waals surface area contributed by atoms with Gasteiger partial charge in [-0.2, -0.15) is 0 Å². The van der Waals surface area contributed by atoms with E-state index >= 15 is 0 Å². The summed E-state index contributed by atoms with van der Waals surface area (Å²) < 4.78 is 0. The van der Waals surface area contributed by atoms with Crippen LogP contribution in [0.5, 0.6) is 0 Å². The molecule has 0 saturated carbocycles. The van der Waals surface area contributed by atoms with Crippen LogP contribution in [0.3, 0.4) is 0 Å². The van der Waals surface area contributed by atoms with Crippen molar-refractivity contribution in [1.29, 1.82) is 0 Å². The Morgan fingerprint density at radius 1 is 1.62 bits per heavy atom. The number of nitrogens with one attached hydrogen (secondary N) is 1. The van der Waals surface area contributed by atoms with E-state index in [-0.39, 0.29) is 0 Å². The summed E-state index contributed by atoms with van der Waals surface area (Å²) in [6, 6.07) is 1.88. The largest absolute Gasteiger partial charge is 0.397 e. The van der Waals surface area contributed by atoms with Crippen molar-refractivity contribution in [2.24, 2.45) is 0 Å². The Morgan fingerprint density at radius 2 is 2.38 bits per heavy atom. The molecule has 0 saturated heterocycles. The average Bonchev–Trinajstić information content (AvgIpc) is 2.09. The molecule has 3 nitrogen and oxygen atoms in total. The summed E-state index contributed by atoms with van der Waals surface area (Å²) >= 11 is 0. The van der Waals surface area contributed by atoms with Gasteiger partial charge in [0.05, 0.1) is 18.4 Å². The van der Waals surface area contributed by atoms with E-state index in [1.165, 1.54) is 0 Å². The Hall–Kier alpha value is -1.69. The second kappa shape index (κ2) is 4.36. The fourth-order valence-corrected chi connectivity index (χ4v) is 0.998. The Kier molecular flexibility index (Phi) is 3.15. The monoisotopic (exact) mass is 175 g/mol. The molecular weight excluding hydrogens is 162 g/mol. The molecule has 1 rings (SSSR count). The number of nitrogen functional groups attached to an aromatic ring is 1. The first-order valence-electron chi connectivity index (χ1n) is 4.09. The first-order valence-corrected chi connectivity index (χ1v) is 4.09. The zero-order valence-electron chi connectivity index (χ0n) is 7.89. The quantitative estimate of drug-likeness (QED) is 0.668. The fraction of sp³-hybridized carbons (Fsp3) is 0.300. The van der Waals surface area contributed by atoms with Gasteiger partial charge in [0.1, 0.15) is 5.82 Å². The van der Waals surface area contributed by atoms with Crippen LogP contribution < -0.4 is 11.1 Å². The van der Waals surface area contributed by atoms with Crippen molar-refractivity contribution in [3.05, 3.63) is 17.8 Å². The van der Waals surface area contributed by atoms with Gasteiger partial charge in [0, 0.05) is 0 Å². The lowest BCUT2D eigenvalue weighted by molar-refractivity contribution is 1.21. The maximum atomic E-state index is 5.56. The topological polar surface area (TPSA) is 50.9 Å². The van der Waals surface area contributed by atoms with Crippen molar-refractivity contribution in [3.8, 4) is 11.8 Å². The Bertz CT molecular complexity index is 347. The molecule has 0 spiro atoms. The van der Waals surface area contributed by atoms with Crippen molar-refractivity contribution in [3.63, 3.8) is 0 Å². The predicted octanol–water partition coefficient (Wildman–Crippen LogP) is 1.41. The van der Waals surface area contributed by atoms with Crippen LogP contribution in [0.1, 0.15) is 12.5 Å². The van der Waals surface area contributed by atoms with Gasteiger partial charge in [0.25, 0.3) is 0 Å². The Morgan fingerprint density at radius 3 is 3.00 bits per heavy atom. The lowest BCUT2D eigenvalue weighted by atomic mass is 10.2. The molecular formula is C10H13N3. The minimum atomic E-state index is 0.619. The molecule has 0 fully saturated rings. The number of anilines is 2. The molecule has 1 aromatic rings. The van der Waals surface area contributed by atoms with Crippen molar-refractivity contribution in [2.45, 2.75) is 13.8 Å². The number of nitrogens with zero attached hydrogens (tertiary/aromatic N) is 1. The second-order valence-corrected chi connectivity index (χ2v) is 2.71. The van der Waals surface area contributed by atoms with Gasteiger partial charge in [-0.15, -0.1) is 5.92 Å². The summed E-state index contributed by atoms with van der Waals surface area (Å²) in [5.41, 5.74) is 7.29. The molecule has 0 bridgehead atoms. The normalized spacial score (nSPS) is 8.77. The van der Waals surface area contributed by atoms with Crippen LogP contribution in [0.25, 0.3) is 0 Å². The van der Waals surface area contributed by atoms with Gasteiger partial charge in [0.15, 0.2) is 0 Å². The highest BCUT2D eigenvalue weighted by Crippen LogP contribution is 2.12. The van der Waals surface area contributed by atoms with Crippen LogP contribution >= 0.6 is 0 Å². The summed E-state index contributed by atoms with van der Waals surface area (Å²) in [6.45, 7) is 4.39. The van der Waals surface area contributed by atoms with Crippen molar-refractivity contribution < 1.29 is 0 Å². The van der Waals surface area contributed by atoms with E-state index in [2.05, 4.69) is 22.1 Å². The summed E-state index contributed by atoms with van der Waals surface area (Å²) in [4.78, 5) is 4.15. The third-order valence-electron chi connectivity index (χ3n) is 1.62. The van der Waals surface area contributed by atoms with Crippen LogP contribution in [0.2, 0.25) is 0 Å². The smallest absolute Gasteiger partial charge is 0.129 e. The average molecular weight is 175 g/mol. The zero-order valence-corrected chi connectivity index (χ0v) is 7.89. The van der Waals surface area contributed by atoms with Gasteiger partial charge in [-0.3, -0.25) is 0 Å². The van der Waals surface area contributed by atoms with Crippen molar-refractivity contribution >= 4 is 11.5 Å². The van der Waals surface area contributed by atoms with E-state index in [9.17, 15) is 0 Å². The van der Waals surface area contributed by atoms with Gasteiger partial charge in [-0.1, -0.05) is 5.92 Å². The standard InChI is InChI=1S/C10H13N3/c1-3-4-5-12-10-8(2)6-9(11)7-13-10/h6-7H,5,11H2,1-2H3,(H,12,13). The molecule has 0 radical (unpaired) electrons. The molecule has 0 aliphatic rings. The molecule has 1 aromatic heterocycles. The molecule has 3 N–H and O–H groups in total. The first-order chi connectivity index (χ1) is 6.24. The van der Waals surface area contributed by atoms with Gasteiger partial charge >= 0.3 is 0 Å². The number of aromatic nitrogens is 1. The van der Waals surface area contributed by atoms with Gasteiger partial charge < -0.3 is 11.1 Å². The maximum absolute atomic E-state index is 5.56. The molecule has 68 valence electrons. The van der Waals surface area contributed by atoms with Crippen LogP contribution in [0.4, 0.5) is 11.5 Å². The van der Waals surface area contributed by atoms with Crippen LogP contribution in [-0.2, 0) is 0 Å². The molecule has 0 aliphatic carbocycles. The first kappa shape index (κ1) is 9.40. The fourth-order valence-electron chi connectivity index (χ4n) is 0.998. The number of nitrogens with two attached hydrogens (primary N) is 1. The minimum Gasteiger partial charge on any atom is -0.397 e. The minimum absolute atomic E-state index is 0.619. The summed E-state index contributed by atoms with van der Waals surface area (Å²) in [6.07, 6.45) is 1.63. The lowest BCUT2D eigenvalue weighted by Crippen LogP contribution is -2.03. The summed E-state index contributed by atoms with van der Waals surface area (Å²) in [7, 11) is 0. The Labute approximate surface area is 78.4 Å². The van der Waals surface area contributed by atoms with Crippen LogP contribution in [0, 0.1) is 18.8 Å². The third kappa shape index (κ3) is 2.68. The molecule has 0 aromatic carbocycles. The van der Waals surface area contributed by atoms with Crippen LogP contribution in [-0.4, -0.2) is 11.5 Å². The zero-order chi connectivity index (χ0) is 9.68. The number of rotatable bonds is 2. The molecule has 0 atom stereocenters. The maximum Gasteiger partial charge on any atom is 0.129 e. The number of hydrogen-bond donors (Lipinski definition) is 2. The highest BCUT2D eigenvalue weighted by Gasteiger charge is 1.97. The molecule has 0 unspecified atom stereocenters. The SMILES string of the molecule is CC#CCNc1ncc(N)cc1C.